The van der Waals surface area contributed by atoms with Gasteiger partial charge in [0, 0.05) is 75.4 Å². The molecule has 4 amide bonds. The monoisotopic (exact) mass is 913 g/mol. The first-order chi connectivity index (χ1) is 31.9. The molecule has 66 heavy (non-hydrogen) atoms. The number of benzene rings is 3. The number of amides is 4. The minimum atomic E-state index is -3.91. The van der Waals surface area contributed by atoms with Gasteiger partial charge in [-0.3, -0.25) is 38.6 Å². The highest BCUT2D eigenvalue weighted by Gasteiger charge is 2.47. The Labute approximate surface area is 382 Å². The lowest BCUT2D eigenvalue weighted by molar-refractivity contribution is -0.136. The number of hydrogen-bond acceptors (Lipinski definition) is 13. The summed E-state index contributed by atoms with van der Waals surface area (Å²) < 4.78 is 36.7. The molecule has 3 fully saturated rings. The van der Waals surface area contributed by atoms with E-state index in [0.717, 1.165) is 85.9 Å². The van der Waals surface area contributed by atoms with Crippen molar-refractivity contribution in [2.45, 2.75) is 64.5 Å². The zero-order valence-corrected chi connectivity index (χ0v) is 37.9. The van der Waals surface area contributed by atoms with E-state index in [0.29, 0.717) is 69.9 Å². The number of fused-ring (bicyclic) bond motifs is 2. The number of piperazine rings is 1. The third kappa shape index (κ3) is 6.89. The minimum absolute atomic E-state index is 0.0877. The highest BCUT2D eigenvalue weighted by Crippen LogP contribution is 2.51. The van der Waals surface area contributed by atoms with Crippen molar-refractivity contribution in [1.82, 2.24) is 30.1 Å². The number of imide groups is 2. The van der Waals surface area contributed by atoms with Crippen LogP contribution in [0.3, 0.4) is 0 Å². The second-order valence-electron chi connectivity index (χ2n) is 18.2. The summed E-state index contributed by atoms with van der Waals surface area (Å²) in [5.41, 5.74) is 7.12. The Hall–Kier alpha value is -6.73. The van der Waals surface area contributed by atoms with Crippen LogP contribution >= 0.6 is 0 Å². The lowest BCUT2D eigenvalue weighted by Crippen LogP contribution is -2.54. The van der Waals surface area contributed by atoms with Crippen LogP contribution in [0, 0.1) is 12.8 Å². The number of carbonyl (C=O) groups excluding carboxylic acids is 4. The second kappa shape index (κ2) is 16.0. The number of hydrogen-bond donors (Lipinski definition) is 3. The number of para-hydroxylation sites is 1. The number of methoxy groups -OCH3 is 1. The molecule has 1 unspecified atom stereocenters. The fraction of sp³-hybridized carbons (Fsp3) is 0.404. The van der Waals surface area contributed by atoms with Crippen molar-refractivity contribution in [3.63, 3.8) is 0 Å². The number of nitrogens with one attached hydrogen (secondary N) is 3. The van der Waals surface area contributed by atoms with E-state index in [2.05, 4.69) is 50.2 Å². The fourth-order valence-corrected chi connectivity index (χ4v) is 12.5. The standard InChI is InChI=1S/C47H51N11O7S/c1-27-23-35(49-47-51-42-33(11-16-48-42)43(52-47)58-36-6-4-5-30-15-20-56(41(30)36)66(58,63)64)39(65-3)25-38(27)55-22-21-53(28(2)26-55)17-12-29-13-18-54(19-14-29)31-7-8-32-34(24-31)46(62)57(45(32)61)37-9-10-40(59)50-44(37)60/h4-8,11,16,23-25,28-29,37H,9-10,12-15,17-22,26H2,1-3H3,(H,50,59,60)(H2,48,49,51,52)/t28-,37?/m1/s1. The first kappa shape index (κ1) is 41.9. The molecule has 6 aliphatic rings. The van der Waals surface area contributed by atoms with E-state index in [-0.39, 0.29) is 24.6 Å². The number of aromatic nitrogens is 3. The average molecular weight is 914 g/mol. The predicted molar refractivity (Wildman–Crippen MR) is 249 cm³/mol. The number of nitrogens with zero attached hydrogens (tertiary/aromatic N) is 8. The molecule has 0 saturated carbocycles. The Morgan fingerprint density at radius 3 is 2.47 bits per heavy atom. The number of carbonyl (C=O) groups is 4. The van der Waals surface area contributed by atoms with Crippen molar-refractivity contribution in [3.8, 4) is 5.75 Å². The van der Waals surface area contributed by atoms with E-state index < -0.39 is 39.9 Å². The maximum absolute atomic E-state index is 14.0. The predicted octanol–water partition coefficient (Wildman–Crippen LogP) is 5.00. The highest BCUT2D eigenvalue weighted by molar-refractivity contribution is 7.95. The molecule has 6 aliphatic heterocycles. The molecule has 5 aromatic rings. The second-order valence-corrected chi connectivity index (χ2v) is 19.9. The van der Waals surface area contributed by atoms with E-state index in [1.807, 2.05) is 30.3 Å². The van der Waals surface area contributed by atoms with Gasteiger partial charge in [-0.25, -0.2) is 4.31 Å². The SMILES string of the molecule is COc1cc(N2CCN(CCC3CCN(c4ccc5c(c4)C(=O)N(C4CCC(=O)NC4=O)C5=O)CC3)[C@H](C)C2)c(C)cc1Nc1nc(N2c3cccc4c3N(CC4)S2(=O)=O)c2cc[nH]c2n1. The van der Waals surface area contributed by atoms with E-state index >= 15 is 0 Å². The van der Waals surface area contributed by atoms with E-state index in [1.165, 1.54) is 8.61 Å². The van der Waals surface area contributed by atoms with Gasteiger partial charge in [-0.15, -0.1) is 0 Å². The normalized spacial score (nSPS) is 21.8. The lowest BCUT2D eigenvalue weighted by Gasteiger charge is -2.42. The van der Waals surface area contributed by atoms with Crippen LogP contribution in [-0.2, 0) is 26.2 Å². The van der Waals surface area contributed by atoms with E-state index in [4.69, 9.17) is 14.7 Å². The van der Waals surface area contributed by atoms with Gasteiger partial charge in [0.2, 0.25) is 17.8 Å². The first-order valence-electron chi connectivity index (χ1n) is 22.7. The average Bonchev–Trinajstić information content (AvgIpc) is 4.08. The molecule has 0 radical (unpaired) electrons. The molecule has 19 heteroatoms. The van der Waals surface area contributed by atoms with Gasteiger partial charge in [0.25, 0.3) is 11.8 Å². The molecule has 342 valence electrons. The molecule has 2 atom stereocenters. The molecule has 3 N–H and O–H groups in total. The van der Waals surface area contributed by atoms with Crippen LogP contribution in [0.4, 0.5) is 40.2 Å². The third-order valence-corrected chi connectivity index (χ3v) is 16.1. The van der Waals surface area contributed by atoms with Crippen molar-refractivity contribution < 1.29 is 32.3 Å². The van der Waals surface area contributed by atoms with Crippen LogP contribution in [0.25, 0.3) is 11.0 Å². The number of aryl methyl sites for hydroxylation is 1. The van der Waals surface area contributed by atoms with Crippen LogP contribution in [-0.4, -0.2) is 122 Å². The third-order valence-electron chi connectivity index (χ3n) is 14.3. The Balaban J connectivity index is 0.715. The van der Waals surface area contributed by atoms with Crippen molar-refractivity contribution in [1.29, 1.82) is 0 Å². The summed E-state index contributed by atoms with van der Waals surface area (Å²) in [6, 6.07) is 16.3. The Bertz CT molecular complexity index is 2970. The summed E-state index contributed by atoms with van der Waals surface area (Å²) in [6.45, 7) is 10.1. The molecule has 8 heterocycles. The summed E-state index contributed by atoms with van der Waals surface area (Å²) in [6.07, 6.45) is 5.77. The van der Waals surface area contributed by atoms with Crippen molar-refractivity contribution in [2.24, 2.45) is 5.92 Å². The summed E-state index contributed by atoms with van der Waals surface area (Å²) in [5, 5.41) is 6.20. The smallest absolute Gasteiger partial charge is 0.332 e. The van der Waals surface area contributed by atoms with Gasteiger partial charge >= 0.3 is 10.2 Å². The van der Waals surface area contributed by atoms with Crippen LogP contribution < -0.4 is 33.8 Å². The molecule has 0 aliphatic carbocycles. The maximum atomic E-state index is 14.0. The molecular formula is C47H51N11O7S. The van der Waals surface area contributed by atoms with Crippen LogP contribution in [0.2, 0.25) is 0 Å². The summed E-state index contributed by atoms with van der Waals surface area (Å²) in [7, 11) is -2.27. The Kier molecular flexibility index (Phi) is 10.2. The van der Waals surface area contributed by atoms with Gasteiger partial charge in [-0.2, -0.15) is 18.4 Å². The minimum Gasteiger partial charge on any atom is -0.494 e. The number of rotatable bonds is 10. The fourth-order valence-electron chi connectivity index (χ4n) is 10.8. The summed E-state index contributed by atoms with van der Waals surface area (Å²) in [5.74, 6) is -0.284. The molecule has 0 bridgehead atoms. The van der Waals surface area contributed by atoms with E-state index in [9.17, 15) is 27.6 Å². The maximum Gasteiger partial charge on any atom is 0.332 e. The van der Waals surface area contributed by atoms with Gasteiger partial charge < -0.3 is 24.8 Å². The number of aromatic amines is 1. The van der Waals surface area contributed by atoms with Crippen LogP contribution in [0.5, 0.6) is 5.75 Å². The number of H-pyrrole nitrogens is 1. The molecule has 3 saturated heterocycles. The molecular weight excluding hydrogens is 863 g/mol. The summed E-state index contributed by atoms with van der Waals surface area (Å²) >= 11 is 0. The zero-order chi connectivity index (χ0) is 45.6. The topological polar surface area (TPSA) is 197 Å². The molecule has 18 nitrogen and oxygen atoms in total. The number of ether oxygens (including phenoxy) is 1. The highest BCUT2D eigenvalue weighted by atomic mass is 32.2. The Morgan fingerprint density at radius 2 is 1.68 bits per heavy atom. The van der Waals surface area contributed by atoms with Gasteiger partial charge in [-0.1, -0.05) is 12.1 Å². The van der Waals surface area contributed by atoms with Crippen molar-refractivity contribution in [3.05, 3.63) is 83.0 Å². The molecule has 2 aromatic heterocycles. The van der Waals surface area contributed by atoms with Gasteiger partial charge in [0.15, 0.2) is 5.82 Å². The van der Waals surface area contributed by atoms with Crippen molar-refractivity contribution in [2.75, 3.05) is 76.7 Å². The molecule has 0 spiro atoms. The number of piperidine rings is 2. The van der Waals surface area contributed by atoms with Gasteiger partial charge in [-0.05, 0) is 106 Å². The van der Waals surface area contributed by atoms with Gasteiger partial charge in [0.1, 0.15) is 17.4 Å². The van der Waals surface area contributed by atoms with Crippen LogP contribution in [0.1, 0.15) is 70.9 Å². The molecule has 11 rings (SSSR count). The van der Waals surface area contributed by atoms with E-state index in [1.54, 1.807) is 31.5 Å². The Morgan fingerprint density at radius 1 is 0.864 bits per heavy atom. The lowest BCUT2D eigenvalue weighted by atomic mass is 9.92. The van der Waals surface area contributed by atoms with Crippen molar-refractivity contribution >= 4 is 85.1 Å². The quantitative estimate of drug-likeness (QED) is 0.159. The van der Waals surface area contributed by atoms with Gasteiger partial charge in [0.05, 0.1) is 40.7 Å². The molecule has 3 aromatic carbocycles. The zero-order valence-electron chi connectivity index (χ0n) is 37.0. The first-order valence-corrected chi connectivity index (χ1v) is 24.1. The van der Waals surface area contributed by atoms with Crippen LogP contribution in [0.15, 0.2) is 60.8 Å². The summed E-state index contributed by atoms with van der Waals surface area (Å²) in [4.78, 5) is 71.8. The number of anilines is 7. The largest absolute Gasteiger partial charge is 0.494 e.